The van der Waals surface area contributed by atoms with Gasteiger partial charge in [-0.3, -0.25) is 9.80 Å². The molecule has 6 rings (SSSR count). The molecule has 0 saturated heterocycles. The van der Waals surface area contributed by atoms with Gasteiger partial charge in [-0.1, -0.05) is 84.9 Å². The maximum absolute atomic E-state index is 13.2. The van der Waals surface area contributed by atoms with Crippen molar-refractivity contribution in [2.45, 2.75) is 51.9 Å². The van der Waals surface area contributed by atoms with E-state index in [9.17, 15) is 19.2 Å². The lowest BCUT2D eigenvalue weighted by Crippen LogP contribution is -2.47. The summed E-state index contributed by atoms with van der Waals surface area (Å²) in [6.07, 6.45) is 1.48. The lowest BCUT2D eigenvalue weighted by molar-refractivity contribution is -0.137. The van der Waals surface area contributed by atoms with Crippen LogP contribution in [-0.4, -0.2) is 61.2 Å². The molecule has 2 N–H and O–H groups in total. The first-order valence-corrected chi connectivity index (χ1v) is 18.5. The van der Waals surface area contributed by atoms with E-state index in [1.807, 2.05) is 109 Å². The highest BCUT2D eigenvalue weighted by Crippen LogP contribution is 2.34. The maximum Gasteiger partial charge on any atom is 0.337 e. The molecule has 4 aromatic rings. The first-order valence-electron chi connectivity index (χ1n) is 18.5. The van der Waals surface area contributed by atoms with Crippen molar-refractivity contribution in [2.24, 2.45) is 0 Å². The van der Waals surface area contributed by atoms with Crippen LogP contribution in [-0.2, 0) is 32.2 Å². The molecule has 4 aromatic carbocycles. The number of carbonyl (C=O) groups excluding carboxylic acids is 4. The van der Waals surface area contributed by atoms with E-state index >= 15 is 0 Å². The number of allylic oxidation sites excluding steroid dienone is 2. The first kappa shape index (κ1) is 39.1. The van der Waals surface area contributed by atoms with Gasteiger partial charge in [0.2, 0.25) is 0 Å². The largest absolute Gasteiger partial charge is 0.494 e. The fourth-order valence-corrected chi connectivity index (χ4v) is 6.82. The Hall–Kier alpha value is -6.56. The van der Waals surface area contributed by atoms with E-state index < -0.39 is 24.0 Å². The van der Waals surface area contributed by atoms with Crippen molar-refractivity contribution < 1.29 is 38.1 Å². The third-order valence-corrected chi connectivity index (χ3v) is 9.87. The van der Waals surface area contributed by atoms with Gasteiger partial charge >= 0.3 is 24.0 Å². The van der Waals surface area contributed by atoms with Crippen LogP contribution in [0.3, 0.4) is 0 Å². The topological polar surface area (TPSA) is 136 Å². The Morgan fingerprint density at radius 1 is 0.554 bits per heavy atom. The number of esters is 2. The number of nitrogens with zero attached hydrogens (tertiary/aromatic N) is 2. The summed E-state index contributed by atoms with van der Waals surface area (Å²) in [5.41, 5.74) is 5.16. The summed E-state index contributed by atoms with van der Waals surface area (Å²) in [5, 5.41) is 5.95. The molecule has 2 unspecified atom stereocenters. The molecular formula is C44H46N4O8. The Kier molecular flexibility index (Phi) is 12.7. The van der Waals surface area contributed by atoms with Gasteiger partial charge in [-0.15, -0.1) is 0 Å². The summed E-state index contributed by atoms with van der Waals surface area (Å²) in [6, 6.07) is 31.8. The van der Waals surface area contributed by atoms with E-state index in [1.165, 1.54) is 14.2 Å². The minimum Gasteiger partial charge on any atom is -0.494 e. The lowest BCUT2D eigenvalue weighted by atomic mass is 9.94. The van der Waals surface area contributed by atoms with Crippen molar-refractivity contribution in [3.05, 3.63) is 154 Å². The van der Waals surface area contributed by atoms with Crippen LogP contribution in [0.2, 0.25) is 0 Å². The Balaban J connectivity index is 0.995. The minimum absolute atomic E-state index is 0.300. The Labute approximate surface area is 326 Å². The van der Waals surface area contributed by atoms with Gasteiger partial charge in [-0.2, -0.15) is 0 Å². The number of rotatable bonds is 15. The van der Waals surface area contributed by atoms with Crippen LogP contribution < -0.4 is 20.1 Å². The molecule has 0 aromatic heterocycles. The third-order valence-electron chi connectivity index (χ3n) is 9.87. The number of hydrogen-bond donors (Lipinski definition) is 2. The van der Waals surface area contributed by atoms with E-state index in [2.05, 4.69) is 10.6 Å². The summed E-state index contributed by atoms with van der Waals surface area (Å²) in [5.74, 6) is 0.305. The van der Waals surface area contributed by atoms with Crippen LogP contribution in [0.5, 0.6) is 11.5 Å². The maximum atomic E-state index is 13.2. The number of nitrogens with one attached hydrogen (secondary N) is 2. The Morgan fingerprint density at radius 2 is 0.911 bits per heavy atom. The number of hydrogen-bond acceptors (Lipinski definition) is 8. The number of amides is 4. The standard InChI is InChI=1S/C44H46N4O8/c1-29-37(41(49)53-3)39(45-43(51)47(29)27-31-13-7-5-8-14-31)33-17-21-35(22-18-33)55-25-11-12-26-56-36-23-19-34(20-24-36)40-38(42(50)54-4)30(2)48(44(52)46-40)28-32-15-9-6-10-16-32/h5-10,13-24,39-40H,11-12,25-28H2,1-4H3,(H,45,51)(H,46,52). The zero-order chi connectivity index (χ0) is 39.6. The fraction of sp³-hybridized carbons (Fsp3) is 0.273. The second-order valence-corrected chi connectivity index (χ2v) is 13.4. The average molecular weight is 759 g/mol. The molecule has 0 aliphatic carbocycles. The zero-order valence-electron chi connectivity index (χ0n) is 32.0. The van der Waals surface area contributed by atoms with Crippen molar-refractivity contribution in [2.75, 3.05) is 27.4 Å². The predicted octanol–water partition coefficient (Wildman–Crippen LogP) is 7.35. The highest BCUT2D eigenvalue weighted by Gasteiger charge is 2.37. The summed E-state index contributed by atoms with van der Waals surface area (Å²) < 4.78 is 22.2. The zero-order valence-corrected chi connectivity index (χ0v) is 32.0. The van der Waals surface area contributed by atoms with E-state index in [0.717, 1.165) is 35.1 Å². The molecule has 4 amide bonds. The van der Waals surface area contributed by atoms with Crippen LogP contribution in [0, 0.1) is 0 Å². The summed E-state index contributed by atoms with van der Waals surface area (Å²) in [4.78, 5) is 55.4. The molecule has 12 nitrogen and oxygen atoms in total. The average Bonchev–Trinajstić information content (AvgIpc) is 3.22. The highest BCUT2D eigenvalue weighted by molar-refractivity contribution is 5.95. The molecule has 0 saturated carbocycles. The van der Waals surface area contributed by atoms with Gasteiger partial charge in [-0.25, -0.2) is 19.2 Å². The normalized spacial score (nSPS) is 16.9. The summed E-state index contributed by atoms with van der Waals surface area (Å²) in [7, 11) is 2.66. The summed E-state index contributed by atoms with van der Waals surface area (Å²) in [6.45, 7) is 5.10. The van der Waals surface area contributed by atoms with Crippen LogP contribution in [0.1, 0.15) is 61.0 Å². The monoisotopic (exact) mass is 758 g/mol. The molecule has 56 heavy (non-hydrogen) atoms. The predicted molar refractivity (Wildman–Crippen MR) is 209 cm³/mol. The van der Waals surface area contributed by atoms with Gasteiger partial charge in [0.05, 0.1) is 63.8 Å². The van der Waals surface area contributed by atoms with Crippen molar-refractivity contribution in [1.29, 1.82) is 0 Å². The molecule has 290 valence electrons. The Morgan fingerprint density at radius 3 is 1.25 bits per heavy atom. The SMILES string of the molecule is COC(=O)C1=C(C)N(Cc2ccccc2)C(=O)NC1c1ccc(OCCCCOc2ccc(C3NC(=O)N(Cc4ccccc4)C(C)=C3C(=O)OC)cc2)cc1. The van der Waals surface area contributed by atoms with E-state index in [1.54, 1.807) is 23.6 Å². The van der Waals surface area contributed by atoms with E-state index in [-0.39, 0.29) is 12.1 Å². The van der Waals surface area contributed by atoms with E-state index in [4.69, 9.17) is 18.9 Å². The molecule has 2 aliphatic rings. The first-order chi connectivity index (χ1) is 27.2. The molecule has 2 heterocycles. The smallest absolute Gasteiger partial charge is 0.337 e. The molecule has 2 atom stereocenters. The number of unbranched alkanes of at least 4 members (excludes halogenated alkanes) is 1. The molecule has 12 heteroatoms. The van der Waals surface area contributed by atoms with Crippen molar-refractivity contribution >= 4 is 24.0 Å². The van der Waals surface area contributed by atoms with Crippen LogP contribution in [0.15, 0.2) is 132 Å². The molecule has 0 spiro atoms. The van der Waals surface area contributed by atoms with Gasteiger partial charge in [-0.05, 0) is 73.2 Å². The third kappa shape index (κ3) is 9.03. The molecule has 2 aliphatic heterocycles. The number of urea groups is 2. The quantitative estimate of drug-likeness (QED) is 0.0950. The van der Waals surface area contributed by atoms with Crippen LogP contribution >= 0.6 is 0 Å². The van der Waals surface area contributed by atoms with Crippen molar-refractivity contribution in [3.8, 4) is 11.5 Å². The molecule has 0 radical (unpaired) electrons. The van der Waals surface area contributed by atoms with Crippen molar-refractivity contribution in [3.63, 3.8) is 0 Å². The van der Waals surface area contributed by atoms with Gasteiger partial charge in [0.15, 0.2) is 0 Å². The van der Waals surface area contributed by atoms with Gasteiger partial charge in [0.1, 0.15) is 11.5 Å². The van der Waals surface area contributed by atoms with Crippen LogP contribution in [0.25, 0.3) is 0 Å². The molecule has 0 bridgehead atoms. The second kappa shape index (κ2) is 18.2. The highest BCUT2D eigenvalue weighted by atomic mass is 16.5. The summed E-state index contributed by atoms with van der Waals surface area (Å²) >= 11 is 0. The van der Waals surface area contributed by atoms with Gasteiger partial charge in [0, 0.05) is 11.4 Å². The van der Waals surface area contributed by atoms with Crippen LogP contribution in [0.4, 0.5) is 9.59 Å². The number of carbonyl (C=O) groups is 4. The number of ether oxygens (including phenoxy) is 4. The number of benzene rings is 4. The van der Waals surface area contributed by atoms with Gasteiger partial charge < -0.3 is 29.6 Å². The van der Waals surface area contributed by atoms with E-state index in [0.29, 0.717) is 60.3 Å². The molecular weight excluding hydrogens is 713 g/mol. The minimum atomic E-state index is -0.672. The van der Waals surface area contributed by atoms with Crippen molar-refractivity contribution in [1.82, 2.24) is 20.4 Å². The second-order valence-electron chi connectivity index (χ2n) is 13.4. The fourth-order valence-electron chi connectivity index (χ4n) is 6.82. The van der Waals surface area contributed by atoms with Gasteiger partial charge in [0.25, 0.3) is 0 Å². The Bertz CT molecular complexity index is 1930. The lowest BCUT2D eigenvalue weighted by Gasteiger charge is -2.35. The number of methoxy groups -OCH3 is 2. The molecule has 0 fully saturated rings.